The summed E-state index contributed by atoms with van der Waals surface area (Å²) in [5.41, 5.74) is -0.294. The predicted molar refractivity (Wildman–Crippen MR) is 70.0 cm³/mol. The van der Waals surface area contributed by atoms with Crippen LogP contribution < -0.4 is 4.74 Å². The maximum absolute atomic E-state index is 10.8. The molecule has 0 aliphatic rings. The number of hydrogen-bond donors (Lipinski definition) is 0. The van der Waals surface area contributed by atoms with Crippen LogP contribution in [0.3, 0.4) is 0 Å². The third-order valence-corrected chi connectivity index (χ3v) is 2.59. The molecule has 0 spiro atoms. The molecule has 19 heavy (non-hydrogen) atoms. The molecule has 6 heteroatoms. The van der Waals surface area contributed by atoms with Crippen molar-refractivity contribution >= 4 is 23.6 Å². The van der Waals surface area contributed by atoms with Crippen molar-refractivity contribution in [2.24, 2.45) is 0 Å². The Morgan fingerprint density at radius 1 is 1.16 bits per heavy atom. The number of nitro benzene ring substituents is 1. The topological polar surface area (TPSA) is 69.4 Å². The van der Waals surface area contributed by atoms with E-state index >= 15 is 0 Å². The van der Waals surface area contributed by atoms with E-state index in [4.69, 9.17) is 16.3 Å². The third kappa shape index (κ3) is 3.08. The van der Waals surface area contributed by atoms with E-state index in [-0.39, 0.29) is 11.3 Å². The Hall–Kier alpha value is -2.40. The molecule has 0 saturated heterocycles. The van der Waals surface area contributed by atoms with Crippen LogP contribution in [0, 0.1) is 10.1 Å². The fourth-order valence-electron chi connectivity index (χ4n) is 1.52. The van der Waals surface area contributed by atoms with E-state index in [0.717, 1.165) is 0 Å². The van der Waals surface area contributed by atoms with Gasteiger partial charge in [0.15, 0.2) is 6.29 Å². The zero-order valence-corrected chi connectivity index (χ0v) is 10.3. The molecule has 96 valence electrons. The van der Waals surface area contributed by atoms with Crippen molar-refractivity contribution in [3.63, 3.8) is 0 Å². The van der Waals surface area contributed by atoms with Gasteiger partial charge >= 0.3 is 0 Å². The van der Waals surface area contributed by atoms with Crippen molar-refractivity contribution in [3.05, 3.63) is 63.2 Å². The van der Waals surface area contributed by atoms with Crippen molar-refractivity contribution in [1.82, 2.24) is 0 Å². The van der Waals surface area contributed by atoms with Crippen LogP contribution in [-0.4, -0.2) is 11.2 Å². The minimum absolute atomic E-state index is 0.0375. The van der Waals surface area contributed by atoms with Gasteiger partial charge in [0, 0.05) is 11.1 Å². The van der Waals surface area contributed by atoms with Crippen LogP contribution in [-0.2, 0) is 0 Å². The van der Waals surface area contributed by atoms with Crippen molar-refractivity contribution in [3.8, 4) is 11.5 Å². The van der Waals surface area contributed by atoms with Gasteiger partial charge in [-0.1, -0.05) is 17.7 Å². The van der Waals surface area contributed by atoms with Crippen molar-refractivity contribution < 1.29 is 14.5 Å². The van der Waals surface area contributed by atoms with Crippen LogP contribution in [0.2, 0.25) is 5.02 Å². The Morgan fingerprint density at radius 2 is 1.89 bits per heavy atom. The van der Waals surface area contributed by atoms with E-state index in [1.165, 1.54) is 18.2 Å². The summed E-state index contributed by atoms with van der Waals surface area (Å²) in [6.45, 7) is 0. The highest BCUT2D eigenvalue weighted by molar-refractivity contribution is 6.30. The van der Waals surface area contributed by atoms with E-state index in [9.17, 15) is 14.9 Å². The van der Waals surface area contributed by atoms with Crippen LogP contribution in [0.4, 0.5) is 5.69 Å². The fourth-order valence-corrected chi connectivity index (χ4v) is 1.70. The molecule has 0 aliphatic heterocycles. The quantitative estimate of drug-likeness (QED) is 0.483. The van der Waals surface area contributed by atoms with E-state index in [0.29, 0.717) is 22.8 Å². The molecule has 2 rings (SSSR count). The smallest absolute Gasteiger partial charge is 0.280 e. The van der Waals surface area contributed by atoms with Gasteiger partial charge in [0.1, 0.15) is 11.5 Å². The van der Waals surface area contributed by atoms with E-state index in [1.54, 1.807) is 24.3 Å². The number of carbonyl (C=O) groups is 1. The minimum Gasteiger partial charge on any atom is -0.457 e. The summed E-state index contributed by atoms with van der Waals surface area (Å²) in [4.78, 5) is 20.9. The maximum Gasteiger partial charge on any atom is 0.280 e. The number of ether oxygens (including phenoxy) is 1. The van der Waals surface area contributed by atoms with Gasteiger partial charge in [0.2, 0.25) is 0 Å². The summed E-state index contributed by atoms with van der Waals surface area (Å²) in [5.74, 6) is 0.813. The van der Waals surface area contributed by atoms with Gasteiger partial charge < -0.3 is 4.74 Å². The average Bonchev–Trinajstić information content (AvgIpc) is 2.38. The van der Waals surface area contributed by atoms with Gasteiger partial charge in [-0.2, -0.15) is 0 Å². The van der Waals surface area contributed by atoms with Gasteiger partial charge in [-0.15, -0.1) is 0 Å². The van der Waals surface area contributed by atoms with Gasteiger partial charge in [-0.3, -0.25) is 14.9 Å². The fraction of sp³-hybridized carbons (Fsp3) is 0. The Bertz CT molecular complexity index is 642. The number of nitro groups is 1. The molecule has 0 N–H and O–H groups in total. The molecule has 0 amide bonds. The van der Waals surface area contributed by atoms with Crippen LogP contribution in [0.5, 0.6) is 11.5 Å². The maximum atomic E-state index is 10.8. The number of benzene rings is 2. The first-order chi connectivity index (χ1) is 9.10. The summed E-state index contributed by atoms with van der Waals surface area (Å²) in [7, 11) is 0. The SMILES string of the molecule is O=Cc1cc(Oc2cccc(Cl)c2)ccc1[N+](=O)[O-]. The minimum atomic E-state index is -0.618. The van der Waals surface area contributed by atoms with Gasteiger partial charge in [-0.25, -0.2) is 0 Å². The summed E-state index contributed by atoms with van der Waals surface area (Å²) < 4.78 is 5.47. The van der Waals surface area contributed by atoms with Crippen LogP contribution in [0.1, 0.15) is 10.4 Å². The number of carbonyl (C=O) groups excluding carboxylic acids is 1. The first-order valence-corrected chi connectivity index (χ1v) is 5.65. The van der Waals surface area contributed by atoms with E-state index in [1.807, 2.05) is 0 Å². The summed E-state index contributed by atoms with van der Waals surface area (Å²) in [6, 6.07) is 10.7. The summed E-state index contributed by atoms with van der Waals surface area (Å²) in [6.07, 6.45) is 0.420. The Labute approximate surface area is 113 Å². The number of nitrogens with zero attached hydrogens (tertiary/aromatic N) is 1. The predicted octanol–water partition coefficient (Wildman–Crippen LogP) is 3.85. The lowest BCUT2D eigenvalue weighted by Crippen LogP contribution is -1.95. The lowest BCUT2D eigenvalue weighted by molar-refractivity contribution is -0.385. The third-order valence-electron chi connectivity index (χ3n) is 2.35. The van der Waals surface area contributed by atoms with Gasteiger partial charge in [0.25, 0.3) is 5.69 Å². The second kappa shape index (κ2) is 5.49. The zero-order valence-electron chi connectivity index (χ0n) is 9.58. The highest BCUT2D eigenvalue weighted by atomic mass is 35.5. The van der Waals surface area contributed by atoms with Crippen molar-refractivity contribution in [2.45, 2.75) is 0 Å². The van der Waals surface area contributed by atoms with E-state index < -0.39 is 4.92 Å². The molecule has 2 aromatic carbocycles. The first-order valence-electron chi connectivity index (χ1n) is 5.27. The Kier molecular flexibility index (Phi) is 3.77. The van der Waals surface area contributed by atoms with Gasteiger partial charge in [-0.05, 0) is 30.3 Å². The monoisotopic (exact) mass is 277 g/mol. The Morgan fingerprint density at radius 3 is 2.53 bits per heavy atom. The molecule has 0 bridgehead atoms. The highest BCUT2D eigenvalue weighted by Gasteiger charge is 2.14. The second-order valence-electron chi connectivity index (χ2n) is 3.66. The van der Waals surface area contributed by atoms with Crippen LogP contribution in [0.25, 0.3) is 0 Å². The second-order valence-corrected chi connectivity index (χ2v) is 4.09. The van der Waals surface area contributed by atoms with Crippen molar-refractivity contribution in [2.75, 3.05) is 0 Å². The normalized spacial score (nSPS) is 9.95. The number of halogens is 1. The van der Waals surface area contributed by atoms with Crippen LogP contribution in [0.15, 0.2) is 42.5 Å². The summed E-state index contributed by atoms with van der Waals surface area (Å²) >= 11 is 5.81. The first kappa shape index (κ1) is 13.0. The molecular weight excluding hydrogens is 270 g/mol. The lowest BCUT2D eigenvalue weighted by atomic mass is 10.2. The van der Waals surface area contributed by atoms with Crippen LogP contribution >= 0.6 is 11.6 Å². The number of aldehydes is 1. The summed E-state index contributed by atoms with van der Waals surface area (Å²) in [5, 5.41) is 11.2. The molecule has 5 nitrogen and oxygen atoms in total. The molecule has 0 radical (unpaired) electrons. The number of hydrogen-bond acceptors (Lipinski definition) is 4. The molecule has 0 fully saturated rings. The zero-order chi connectivity index (χ0) is 13.8. The number of rotatable bonds is 4. The lowest BCUT2D eigenvalue weighted by Gasteiger charge is -2.06. The molecule has 0 aliphatic carbocycles. The van der Waals surface area contributed by atoms with E-state index in [2.05, 4.69) is 0 Å². The Balaban J connectivity index is 2.31. The van der Waals surface area contributed by atoms with Gasteiger partial charge in [0.05, 0.1) is 10.5 Å². The molecule has 2 aromatic rings. The van der Waals surface area contributed by atoms with Crippen molar-refractivity contribution in [1.29, 1.82) is 0 Å². The largest absolute Gasteiger partial charge is 0.457 e. The molecule has 0 saturated carbocycles. The molecule has 0 aromatic heterocycles. The molecule has 0 unspecified atom stereocenters. The highest BCUT2D eigenvalue weighted by Crippen LogP contribution is 2.28. The standard InChI is InChI=1S/C13H8ClNO4/c14-10-2-1-3-11(7-10)19-12-4-5-13(15(17)18)9(6-12)8-16/h1-8H. The molecule has 0 heterocycles. The molecule has 0 atom stereocenters. The average molecular weight is 278 g/mol. The molecular formula is C13H8ClNO4.